The van der Waals surface area contributed by atoms with Gasteiger partial charge in [0.15, 0.2) is 10.4 Å². The van der Waals surface area contributed by atoms with Crippen LogP contribution in [0.4, 0.5) is 0 Å². The van der Waals surface area contributed by atoms with Crippen LogP contribution in [0.3, 0.4) is 0 Å². The average molecular weight is 272 g/mol. The van der Waals surface area contributed by atoms with Crippen LogP contribution in [0.15, 0.2) is 12.3 Å². The molecular formula is C11H14ClN3OS. The molecule has 1 N–H and O–H groups in total. The standard InChI is InChI=1S/C11H14ClN3OS/c1-3-16-6-7(2)15-10-9(14-11(15)17)4-8(12)5-13-10/h4-5,7H,3,6H2,1-2H3,(H,14,17). The van der Waals surface area contributed by atoms with Crippen LogP contribution in [0.25, 0.3) is 11.2 Å². The Bertz CT molecular complexity index is 578. The number of pyridine rings is 1. The number of ether oxygens (including phenoxy) is 1. The first-order chi connectivity index (χ1) is 8.13. The third-order valence-corrected chi connectivity index (χ3v) is 3.03. The number of nitrogens with zero attached hydrogens (tertiary/aromatic N) is 2. The van der Waals surface area contributed by atoms with Crippen molar-refractivity contribution in [3.05, 3.63) is 22.1 Å². The summed E-state index contributed by atoms with van der Waals surface area (Å²) in [6, 6.07) is 1.97. The molecule has 2 aromatic rings. The molecule has 0 aliphatic heterocycles. The van der Waals surface area contributed by atoms with E-state index in [0.717, 1.165) is 11.2 Å². The molecule has 0 spiro atoms. The Morgan fingerprint density at radius 2 is 2.41 bits per heavy atom. The lowest BCUT2D eigenvalue weighted by atomic mass is 10.3. The summed E-state index contributed by atoms with van der Waals surface area (Å²) in [6.45, 7) is 5.33. The van der Waals surface area contributed by atoms with Gasteiger partial charge in [-0.2, -0.15) is 0 Å². The Kier molecular flexibility index (Phi) is 3.81. The van der Waals surface area contributed by atoms with Crippen molar-refractivity contribution in [1.82, 2.24) is 14.5 Å². The lowest BCUT2D eigenvalue weighted by Gasteiger charge is -2.13. The number of fused-ring (bicyclic) bond motifs is 1. The van der Waals surface area contributed by atoms with Crippen LogP contribution < -0.4 is 0 Å². The summed E-state index contributed by atoms with van der Waals surface area (Å²) < 4.78 is 8.01. The normalized spacial score (nSPS) is 13.1. The monoisotopic (exact) mass is 271 g/mol. The maximum atomic E-state index is 5.89. The van der Waals surface area contributed by atoms with Crippen molar-refractivity contribution in [3.63, 3.8) is 0 Å². The number of halogens is 1. The van der Waals surface area contributed by atoms with Gasteiger partial charge >= 0.3 is 0 Å². The van der Waals surface area contributed by atoms with Crippen molar-refractivity contribution >= 4 is 35.0 Å². The number of aromatic nitrogens is 3. The van der Waals surface area contributed by atoms with Gasteiger partial charge in [0.2, 0.25) is 0 Å². The van der Waals surface area contributed by atoms with E-state index < -0.39 is 0 Å². The van der Waals surface area contributed by atoms with E-state index in [9.17, 15) is 0 Å². The fourth-order valence-corrected chi connectivity index (χ4v) is 2.29. The molecule has 6 heteroatoms. The zero-order valence-electron chi connectivity index (χ0n) is 9.74. The third kappa shape index (κ3) is 2.51. The van der Waals surface area contributed by atoms with E-state index in [0.29, 0.717) is 23.0 Å². The number of nitrogens with one attached hydrogen (secondary N) is 1. The highest BCUT2D eigenvalue weighted by Crippen LogP contribution is 2.20. The van der Waals surface area contributed by atoms with E-state index in [1.807, 2.05) is 17.6 Å². The van der Waals surface area contributed by atoms with Gasteiger partial charge in [0.1, 0.15) is 0 Å². The third-order valence-electron chi connectivity index (χ3n) is 2.53. The number of aromatic amines is 1. The van der Waals surface area contributed by atoms with Crippen molar-refractivity contribution in [3.8, 4) is 0 Å². The second kappa shape index (κ2) is 5.16. The van der Waals surface area contributed by atoms with Crippen LogP contribution in [0, 0.1) is 4.77 Å². The Labute approximate surface area is 110 Å². The Morgan fingerprint density at radius 3 is 3.12 bits per heavy atom. The van der Waals surface area contributed by atoms with Crippen molar-refractivity contribution in [1.29, 1.82) is 0 Å². The van der Waals surface area contributed by atoms with Gasteiger partial charge in [0, 0.05) is 12.8 Å². The maximum Gasteiger partial charge on any atom is 0.179 e. The lowest BCUT2D eigenvalue weighted by Crippen LogP contribution is -2.12. The van der Waals surface area contributed by atoms with Gasteiger partial charge in [-0.15, -0.1) is 0 Å². The number of H-pyrrole nitrogens is 1. The van der Waals surface area contributed by atoms with E-state index in [4.69, 9.17) is 28.6 Å². The molecule has 1 atom stereocenters. The van der Waals surface area contributed by atoms with E-state index in [2.05, 4.69) is 16.9 Å². The molecule has 0 saturated carbocycles. The van der Waals surface area contributed by atoms with Crippen molar-refractivity contribution in [2.75, 3.05) is 13.2 Å². The minimum atomic E-state index is 0.143. The fraction of sp³-hybridized carbons (Fsp3) is 0.455. The SMILES string of the molecule is CCOCC(C)n1c(=S)[nH]c2cc(Cl)cnc21. The summed E-state index contributed by atoms with van der Waals surface area (Å²) in [4.78, 5) is 7.41. The van der Waals surface area contributed by atoms with Crippen molar-refractivity contribution < 1.29 is 4.74 Å². The van der Waals surface area contributed by atoms with Crippen LogP contribution in [0.5, 0.6) is 0 Å². The maximum absolute atomic E-state index is 5.89. The van der Waals surface area contributed by atoms with Gasteiger partial charge in [-0.25, -0.2) is 4.98 Å². The van der Waals surface area contributed by atoms with Crippen LogP contribution in [0.1, 0.15) is 19.9 Å². The van der Waals surface area contributed by atoms with Crippen LogP contribution >= 0.6 is 23.8 Å². The molecule has 0 amide bonds. The minimum Gasteiger partial charge on any atom is -0.380 e. The molecule has 2 aromatic heterocycles. The van der Waals surface area contributed by atoms with Gasteiger partial charge in [-0.05, 0) is 32.1 Å². The highest BCUT2D eigenvalue weighted by atomic mass is 35.5. The Morgan fingerprint density at radius 1 is 1.65 bits per heavy atom. The quantitative estimate of drug-likeness (QED) is 0.868. The molecule has 0 fully saturated rings. The molecule has 0 aromatic carbocycles. The molecule has 4 nitrogen and oxygen atoms in total. The molecule has 1 unspecified atom stereocenters. The molecule has 2 heterocycles. The predicted octanol–water partition coefficient (Wildman–Crippen LogP) is 3.34. The number of imidazole rings is 1. The summed E-state index contributed by atoms with van der Waals surface area (Å²) in [5.74, 6) is 0. The molecule has 0 aliphatic carbocycles. The highest BCUT2D eigenvalue weighted by molar-refractivity contribution is 7.71. The Hall–Kier alpha value is -0.910. The largest absolute Gasteiger partial charge is 0.380 e. The Balaban J connectivity index is 2.46. The van der Waals surface area contributed by atoms with E-state index >= 15 is 0 Å². The first-order valence-corrected chi connectivity index (χ1v) is 6.25. The van der Waals surface area contributed by atoms with Crippen LogP contribution in [-0.4, -0.2) is 27.7 Å². The van der Waals surface area contributed by atoms with Crippen molar-refractivity contribution in [2.45, 2.75) is 19.9 Å². The molecule has 0 saturated heterocycles. The van der Waals surface area contributed by atoms with Gasteiger partial charge in [0.05, 0.1) is 23.2 Å². The summed E-state index contributed by atoms with van der Waals surface area (Å²) in [6.07, 6.45) is 1.62. The highest BCUT2D eigenvalue weighted by Gasteiger charge is 2.12. The zero-order valence-corrected chi connectivity index (χ0v) is 11.3. The predicted molar refractivity (Wildman–Crippen MR) is 71.1 cm³/mol. The van der Waals surface area contributed by atoms with E-state index in [-0.39, 0.29) is 6.04 Å². The first-order valence-electron chi connectivity index (χ1n) is 5.47. The summed E-state index contributed by atoms with van der Waals surface area (Å²) >= 11 is 11.2. The second-order valence-electron chi connectivity index (χ2n) is 3.83. The molecule has 0 bridgehead atoms. The number of hydrogen-bond donors (Lipinski definition) is 1. The number of rotatable bonds is 4. The van der Waals surface area contributed by atoms with Crippen LogP contribution in [0.2, 0.25) is 5.02 Å². The zero-order chi connectivity index (χ0) is 12.4. The van der Waals surface area contributed by atoms with Crippen LogP contribution in [-0.2, 0) is 4.74 Å². The average Bonchev–Trinajstić information content (AvgIpc) is 2.61. The van der Waals surface area contributed by atoms with Gasteiger partial charge < -0.3 is 9.72 Å². The molecular weight excluding hydrogens is 258 g/mol. The van der Waals surface area contributed by atoms with Gasteiger partial charge in [-0.1, -0.05) is 11.6 Å². The smallest absolute Gasteiger partial charge is 0.179 e. The topological polar surface area (TPSA) is 42.8 Å². The fourth-order valence-electron chi connectivity index (χ4n) is 1.76. The second-order valence-corrected chi connectivity index (χ2v) is 4.66. The van der Waals surface area contributed by atoms with Gasteiger partial charge in [0.25, 0.3) is 0 Å². The lowest BCUT2D eigenvalue weighted by molar-refractivity contribution is 0.119. The summed E-state index contributed by atoms with van der Waals surface area (Å²) in [7, 11) is 0. The molecule has 0 radical (unpaired) electrons. The number of hydrogen-bond acceptors (Lipinski definition) is 3. The molecule has 92 valence electrons. The van der Waals surface area contributed by atoms with Crippen molar-refractivity contribution in [2.24, 2.45) is 0 Å². The van der Waals surface area contributed by atoms with Gasteiger partial charge in [-0.3, -0.25) is 4.57 Å². The minimum absolute atomic E-state index is 0.143. The van der Waals surface area contributed by atoms with E-state index in [1.165, 1.54) is 0 Å². The van der Waals surface area contributed by atoms with E-state index in [1.54, 1.807) is 6.20 Å². The summed E-state index contributed by atoms with van der Waals surface area (Å²) in [5, 5.41) is 0.596. The molecule has 2 rings (SSSR count). The first kappa shape index (κ1) is 12.5. The molecule has 0 aliphatic rings. The summed E-state index contributed by atoms with van der Waals surface area (Å²) in [5.41, 5.74) is 1.66. The molecule has 17 heavy (non-hydrogen) atoms.